The molecule has 1 saturated heterocycles. The van der Waals surface area contributed by atoms with Gasteiger partial charge in [0.25, 0.3) is 5.78 Å². The van der Waals surface area contributed by atoms with E-state index < -0.39 is 10.0 Å². The van der Waals surface area contributed by atoms with E-state index in [1.54, 1.807) is 22.7 Å². The molecule has 2 aromatic heterocycles. The smallest absolute Gasteiger partial charge is 0.256 e. The minimum absolute atomic E-state index is 0.147. The predicted octanol–water partition coefficient (Wildman–Crippen LogP) is 0.513. The van der Waals surface area contributed by atoms with Gasteiger partial charge in [0.2, 0.25) is 10.0 Å². The molecule has 0 radical (unpaired) electrons. The zero-order valence-corrected chi connectivity index (χ0v) is 15.9. The van der Waals surface area contributed by atoms with Crippen LogP contribution in [0.15, 0.2) is 47.3 Å². The molecule has 0 amide bonds. The standard InChI is InChI=1S/C17H21N7O3S/c18-28(26,27)14-3-1-2-12(4-5-14)21-16-10-15(22-17-19-11-20-24(16)17)23-8-6-13(25)7-9-23/h1-2,4-5,10-11,13,21,25H,3,6-9H2,(H2,18,26,27). The number of sulfonamides is 1. The summed E-state index contributed by atoms with van der Waals surface area (Å²) in [5.74, 6) is 1.84. The molecule has 1 aliphatic heterocycles. The highest BCUT2D eigenvalue weighted by Crippen LogP contribution is 2.24. The zero-order valence-electron chi connectivity index (χ0n) is 15.1. The number of nitrogens with two attached hydrogens (primary N) is 1. The Balaban J connectivity index is 1.66. The Morgan fingerprint density at radius 2 is 2.04 bits per heavy atom. The number of rotatable bonds is 4. The van der Waals surface area contributed by atoms with Gasteiger partial charge in [-0.1, -0.05) is 6.08 Å². The van der Waals surface area contributed by atoms with Crippen molar-refractivity contribution in [1.29, 1.82) is 0 Å². The van der Waals surface area contributed by atoms with Crippen LogP contribution in [0.4, 0.5) is 11.6 Å². The Morgan fingerprint density at radius 1 is 1.25 bits per heavy atom. The third-order valence-corrected chi connectivity index (χ3v) is 5.76. The largest absolute Gasteiger partial charge is 0.393 e. The fraction of sp³-hybridized carbons (Fsp3) is 0.353. The van der Waals surface area contributed by atoms with Gasteiger partial charge in [0.15, 0.2) is 0 Å². The second kappa shape index (κ2) is 7.34. The molecule has 1 fully saturated rings. The molecule has 11 heteroatoms. The third kappa shape index (κ3) is 3.91. The molecule has 3 heterocycles. The lowest BCUT2D eigenvalue weighted by Crippen LogP contribution is -2.36. The highest BCUT2D eigenvalue weighted by Gasteiger charge is 2.20. The van der Waals surface area contributed by atoms with Crippen LogP contribution in [0, 0.1) is 0 Å². The fourth-order valence-electron chi connectivity index (χ4n) is 3.20. The molecule has 0 bridgehead atoms. The zero-order chi connectivity index (χ0) is 19.7. The number of aliphatic hydroxyl groups excluding tert-OH is 1. The number of hydrogen-bond donors (Lipinski definition) is 3. The van der Waals surface area contributed by atoms with Crippen LogP contribution in [0.5, 0.6) is 0 Å². The molecule has 1 aliphatic carbocycles. The Hall–Kier alpha value is -2.76. The van der Waals surface area contributed by atoms with Crippen LogP contribution >= 0.6 is 0 Å². The van der Waals surface area contributed by atoms with E-state index in [4.69, 9.17) is 5.14 Å². The van der Waals surface area contributed by atoms with Crippen LogP contribution in [-0.4, -0.2) is 52.3 Å². The maximum absolute atomic E-state index is 11.6. The van der Waals surface area contributed by atoms with E-state index in [9.17, 15) is 13.5 Å². The highest BCUT2D eigenvalue weighted by molar-refractivity contribution is 7.93. The SMILES string of the molecule is NS(=O)(=O)C1=CC=C(Nc2cc(N3CCC(O)CC3)nc3ncnn23)C=CC1. The van der Waals surface area contributed by atoms with Crippen LogP contribution in [-0.2, 0) is 10.0 Å². The average Bonchev–Trinajstić information content (AvgIpc) is 3.00. The third-order valence-electron chi connectivity index (χ3n) is 4.73. The first-order chi connectivity index (χ1) is 13.4. The molecule has 0 atom stereocenters. The second-order valence-electron chi connectivity index (χ2n) is 6.72. The number of allylic oxidation sites excluding steroid dienone is 5. The van der Waals surface area contributed by atoms with E-state index in [-0.39, 0.29) is 17.4 Å². The summed E-state index contributed by atoms with van der Waals surface area (Å²) in [7, 11) is -3.72. The predicted molar refractivity (Wildman–Crippen MR) is 105 cm³/mol. The lowest BCUT2D eigenvalue weighted by Gasteiger charge is -2.30. The van der Waals surface area contributed by atoms with Gasteiger partial charge in [-0.05, 0) is 31.1 Å². The number of primary sulfonamides is 1. The van der Waals surface area contributed by atoms with Crippen molar-refractivity contribution in [2.24, 2.45) is 5.14 Å². The molecule has 0 unspecified atom stereocenters. The maximum Gasteiger partial charge on any atom is 0.256 e. The van der Waals surface area contributed by atoms with E-state index in [0.717, 1.165) is 5.82 Å². The van der Waals surface area contributed by atoms with Gasteiger partial charge in [-0.2, -0.15) is 19.6 Å². The van der Waals surface area contributed by atoms with Crippen LogP contribution in [0.1, 0.15) is 19.3 Å². The number of hydrogen-bond acceptors (Lipinski definition) is 8. The van der Waals surface area contributed by atoms with Gasteiger partial charge in [0.05, 0.1) is 11.0 Å². The van der Waals surface area contributed by atoms with Crippen molar-refractivity contribution >= 4 is 27.4 Å². The number of fused-ring (bicyclic) bond motifs is 1. The molecule has 4 rings (SSSR count). The summed E-state index contributed by atoms with van der Waals surface area (Å²) in [4.78, 5) is 11.0. The average molecular weight is 403 g/mol. The number of nitrogens with one attached hydrogen (secondary N) is 1. The van der Waals surface area contributed by atoms with Crippen molar-refractivity contribution in [3.8, 4) is 0 Å². The summed E-state index contributed by atoms with van der Waals surface area (Å²) in [5.41, 5.74) is 0.682. The van der Waals surface area contributed by atoms with E-state index in [1.165, 1.54) is 12.4 Å². The van der Waals surface area contributed by atoms with Crippen molar-refractivity contribution in [2.45, 2.75) is 25.4 Å². The molecular formula is C17H21N7O3S. The minimum Gasteiger partial charge on any atom is -0.393 e. The highest BCUT2D eigenvalue weighted by atomic mass is 32.2. The summed E-state index contributed by atoms with van der Waals surface area (Å²) in [6, 6.07) is 1.86. The summed E-state index contributed by atoms with van der Waals surface area (Å²) in [5, 5.41) is 22.4. The number of nitrogens with zero attached hydrogens (tertiary/aromatic N) is 5. The van der Waals surface area contributed by atoms with Crippen LogP contribution in [0.3, 0.4) is 0 Å². The van der Waals surface area contributed by atoms with Gasteiger partial charge in [0, 0.05) is 31.3 Å². The number of aliphatic hydroxyl groups is 1. The first-order valence-electron chi connectivity index (χ1n) is 8.91. The van der Waals surface area contributed by atoms with E-state index in [1.807, 2.05) is 6.07 Å². The van der Waals surface area contributed by atoms with Gasteiger partial charge in [-0.15, -0.1) is 0 Å². The molecular weight excluding hydrogens is 382 g/mol. The Bertz CT molecular complexity index is 1080. The Morgan fingerprint density at radius 3 is 2.79 bits per heavy atom. The Labute approximate surface area is 162 Å². The summed E-state index contributed by atoms with van der Waals surface area (Å²) < 4.78 is 24.7. The van der Waals surface area contributed by atoms with Gasteiger partial charge in [-0.3, -0.25) is 0 Å². The molecule has 0 saturated carbocycles. The molecule has 0 aromatic carbocycles. The summed E-state index contributed by atoms with van der Waals surface area (Å²) in [6.07, 6.45) is 9.43. The van der Waals surface area contributed by atoms with E-state index >= 15 is 0 Å². The van der Waals surface area contributed by atoms with Gasteiger partial charge >= 0.3 is 0 Å². The van der Waals surface area contributed by atoms with Crippen molar-refractivity contribution in [3.63, 3.8) is 0 Å². The lowest BCUT2D eigenvalue weighted by molar-refractivity contribution is 0.145. The number of piperidine rings is 1. The van der Waals surface area contributed by atoms with Crippen molar-refractivity contribution in [2.75, 3.05) is 23.3 Å². The molecule has 148 valence electrons. The van der Waals surface area contributed by atoms with E-state index in [2.05, 4.69) is 25.3 Å². The van der Waals surface area contributed by atoms with Crippen molar-refractivity contribution < 1.29 is 13.5 Å². The molecule has 10 nitrogen and oxygen atoms in total. The molecule has 0 spiro atoms. The van der Waals surface area contributed by atoms with Crippen molar-refractivity contribution in [3.05, 3.63) is 47.3 Å². The monoisotopic (exact) mass is 403 g/mol. The second-order valence-corrected chi connectivity index (χ2v) is 8.34. The number of aromatic nitrogens is 4. The molecule has 2 aromatic rings. The molecule has 4 N–H and O–H groups in total. The van der Waals surface area contributed by atoms with E-state index in [0.29, 0.717) is 43.2 Å². The first kappa shape index (κ1) is 18.6. The quantitative estimate of drug-likeness (QED) is 0.671. The Kier molecular flexibility index (Phi) is 4.87. The van der Waals surface area contributed by atoms with Gasteiger partial charge in [-0.25, -0.2) is 13.6 Å². The van der Waals surface area contributed by atoms with Gasteiger partial charge in [0.1, 0.15) is 18.0 Å². The molecule has 2 aliphatic rings. The first-order valence-corrected chi connectivity index (χ1v) is 10.5. The van der Waals surface area contributed by atoms with Crippen LogP contribution < -0.4 is 15.4 Å². The maximum atomic E-state index is 11.6. The van der Waals surface area contributed by atoms with Crippen molar-refractivity contribution in [1.82, 2.24) is 19.6 Å². The lowest BCUT2D eigenvalue weighted by atomic mass is 10.1. The van der Waals surface area contributed by atoms with Crippen LogP contribution in [0.25, 0.3) is 5.78 Å². The topological polar surface area (TPSA) is 139 Å². The fourth-order valence-corrected chi connectivity index (χ4v) is 3.78. The van der Waals surface area contributed by atoms with Gasteiger partial charge < -0.3 is 15.3 Å². The number of anilines is 2. The molecule has 28 heavy (non-hydrogen) atoms. The summed E-state index contributed by atoms with van der Waals surface area (Å²) >= 11 is 0. The van der Waals surface area contributed by atoms with Crippen LogP contribution in [0.2, 0.25) is 0 Å². The minimum atomic E-state index is -3.72. The normalized spacial score (nSPS) is 18.7. The summed E-state index contributed by atoms with van der Waals surface area (Å²) in [6.45, 7) is 1.42.